The predicted octanol–water partition coefficient (Wildman–Crippen LogP) is 2.83. The van der Waals surface area contributed by atoms with E-state index in [2.05, 4.69) is 40.2 Å². The van der Waals surface area contributed by atoms with E-state index in [0.717, 1.165) is 28.5 Å². The van der Waals surface area contributed by atoms with E-state index in [1.165, 1.54) is 5.56 Å². The van der Waals surface area contributed by atoms with E-state index in [1.54, 1.807) is 0 Å². The Morgan fingerprint density at radius 2 is 2.14 bits per heavy atom. The minimum absolute atomic E-state index is 0.630. The van der Waals surface area contributed by atoms with Crippen LogP contribution in [-0.4, -0.2) is 6.54 Å². The molecule has 2 aromatic rings. The molecule has 0 aliphatic rings. The normalized spacial score (nSPS) is 11.0. The highest BCUT2D eigenvalue weighted by Crippen LogP contribution is 2.21. The molecule has 0 saturated carbocycles. The topological polar surface area (TPSA) is 39.2 Å². The molecule has 0 fully saturated rings. The van der Waals surface area contributed by atoms with Gasteiger partial charge in [0.05, 0.1) is 0 Å². The molecule has 3 heteroatoms. The van der Waals surface area contributed by atoms with Crippen molar-refractivity contribution in [2.75, 3.05) is 6.54 Å². The Hall–Kier alpha value is -0.800. The van der Waals surface area contributed by atoms with Gasteiger partial charge in [0.2, 0.25) is 0 Å². The molecule has 0 saturated heterocycles. The molecule has 0 aliphatic heterocycles. The summed E-state index contributed by atoms with van der Waals surface area (Å²) in [6, 6.07) is 8.29. The highest BCUT2D eigenvalue weighted by molar-refractivity contribution is 9.08. The van der Waals surface area contributed by atoms with Crippen LogP contribution in [0.25, 0.3) is 11.0 Å². The molecule has 0 aliphatic carbocycles. The lowest BCUT2D eigenvalue weighted by Gasteiger charge is -1.93. The number of benzene rings is 1. The van der Waals surface area contributed by atoms with Crippen LogP contribution in [0, 0.1) is 0 Å². The van der Waals surface area contributed by atoms with Gasteiger partial charge in [0.25, 0.3) is 0 Å². The molecule has 0 amide bonds. The van der Waals surface area contributed by atoms with Crippen LogP contribution in [-0.2, 0) is 11.8 Å². The first-order valence-corrected chi connectivity index (χ1v) is 5.73. The lowest BCUT2D eigenvalue weighted by molar-refractivity contribution is 0.550. The summed E-state index contributed by atoms with van der Waals surface area (Å²) in [6.07, 6.45) is 0.804. The fourth-order valence-corrected chi connectivity index (χ4v) is 1.83. The quantitative estimate of drug-likeness (QED) is 0.855. The summed E-state index contributed by atoms with van der Waals surface area (Å²) in [6.45, 7) is 0.630. The molecule has 0 radical (unpaired) electrons. The third-order valence-corrected chi connectivity index (χ3v) is 2.83. The first kappa shape index (κ1) is 9.74. The number of furan rings is 1. The molecule has 2 N–H and O–H groups in total. The van der Waals surface area contributed by atoms with Gasteiger partial charge < -0.3 is 10.2 Å². The van der Waals surface area contributed by atoms with Gasteiger partial charge in [-0.25, -0.2) is 0 Å². The molecule has 0 unspecified atom stereocenters. The van der Waals surface area contributed by atoms with Gasteiger partial charge in [0, 0.05) is 17.1 Å². The SMILES string of the molecule is NCCc1cc2ccc(CBr)cc2o1. The molecular formula is C11H12BrNO. The molecule has 1 aromatic heterocycles. The van der Waals surface area contributed by atoms with E-state index < -0.39 is 0 Å². The smallest absolute Gasteiger partial charge is 0.134 e. The first-order valence-electron chi connectivity index (χ1n) is 4.61. The lowest BCUT2D eigenvalue weighted by atomic mass is 10.2. The fourth-order valence-electron chi connectivity index (χ4n) is 1.48. The summed E-state index contributed by atoms with van der Waals surface area (Å²) in [7, 11) is 0. The number of halogens is 1. The van der Waals surface area contributed by atoms with Crippen molar-refractivity contribution in [1.82, 2.24) is 0 Å². The molecule has 1 aromatic carbocycles. The van der Waals surface area contributed by atoms with Crippen molar-refractivity contribution in [1.29, 1.82) is 0 Å². The van der Waals surface area contributed by atoms with Crippen LogP contribution in [0.4, 0.5) is 0 Å². The Kier molecular flexibility index (Phi) is 2.89. The van der Waals surface area contributed by atoms with E-state index in [-0.39, 0.29) is 0 Å². The molecule has 2 rings (SSSR count). The Balaban J connectivity index is 2.43. The van der Waals surface area contributed by atoms with Gasteiger partial charge >= 0.3 is 0 Å². The summed E-state index contributed by atoms with van der Waals surface area (Å²) < 4.78 is 5.65. The van der Waals surface area contributed by atoms with Crippen LogP contribution in [0.2, 0.25) is 0 Å². The van der Waals surface area contributed by atoms with Crippen molar-refractivity contribution in [2.24, 2.45) is 5.73 Å². The number of alkyl halides is 1. The summed E-state index contributed by atoms with van der Waals surface area (Å²) in [5, 5.41) is 2.01. The van der Waals surface area contributed by atoms with E-state index in [9.17, 15) is 0 Å². The highest BCUT2D eigenvalue weighted by atomic mass is 79.9. The van der Waals surface area contributed by atoms with Crippen LogP contribution in [0.15, 0.2) is 28.7 Å². The zero-order valence-corrected chi connectivity index (χ0v) is 9.38. The van der Waals surface area contributed by atoms with E-state index >= 15 is 0 Å². The van der Waals surface area contributed by atoms with E-state index in [4.69, 9.17) is 10.2 Å². The summed E-state index contributed by atoms with van der Waals surface area (Å²) >= 11 is 3.42. The second-order valence-corrected chi connectivity index (χ2v) is 3.82. The zero-order valence-electron chi connectivity index (χ0n) is 7.79. The van der Waals surface area contributed by atoms with Crippen LogP contribution >= 0.6 is 15.9 Å². The number of fused-ring (bicyclic) bond motifs is 1. The third kappa shape index (κ3) is 1.83. The van der Waals surface area contributed by atoms with E-state index in [1.807, 2.05) is 0 Å². The molecule has 2 nitrogen and oxygen atoms in total. The summed E-state index contributed by atoms with van der Waals surface area (Å²) in [5.41, 5.74) is 7.65. The average Bonchev–Trinajstić information content (AvgIpc) is 2.59. The molecule has 74 valence electrons. The Morgan fingerprint density at radius 1 is 1.29 bits per heavy atom. The van der Waals surface area contributed by atoms with Crippen LogP contribution < -0.4 is 5.73 Å². The van der Waals surface area contributed by atoms with Gasteiger partial charge in [-0.3, -0.25) is 0 Å². The highest BCUT2D eigenvalue weighted by Gasteiger charge is 2.03. The molecular weight excluding hydrogens is 242 g/mol. The maximum absolute atomic E-state index is 5.65. The van der Waals surface area contributed by atoms with Crippen LogP contribution in [0.5, 0.6) is 0 Å². The minimum Gasteiger partial charge on any atom is -0.461 e. The molecule has 14 heavy (non-hydrogen) atoms. The molecule has 0 atom stereocenters. The van der Waals surface area contributed by atoms with Crippen molar-refractivity contribution in [3.63, 3.8) is 0 Å². The maximum atomic E-state index is 5.65. The van der Waals surface area contributed by atoms with Crippen LogP contribution in [0.3, 0.4) is 0 Å². The lowest BCUT2D eigenvalue weighted by Crippen LogP contribution is -2.01. The molecule has 0 bridgehead atoms. The first-order chi connectivity index (χ1) is 6.83. The summed E-state index contributed by atoms with van der Waals surface area (Å²) in [4.78, 5) is 0. The Bertz CT molecular complexity index is 436. The summed E-state index contributed by atoms with van der Waals surface area (Å²) in [5.74, 6) is 0.967. The number of nitrogens with two attached hydrogens (primary N) is 1. The van der Waals surface area contributed by atoms with Crippen molar-refractivity contribution in [3.05, 3.63) is 35.6 Å². The van der Waals surface area contributed by atoms with Crippen molar-refractivity contribution in [2.45, 2.75) is 11.8 Å². The second kappa shape index (κ2) is 4.15. The van der Waals surface area contributed by atoms with Crippen LogP contribution in [0.1, 0.15) is 11.3 Å². The second-order valence-electron chi connectivity index (χ2n) is 3.26. The van der Waals surface area contributed by atoms with Crippen molar-refractivity contribution < 1.29 is 4.42 Å². The zero-order chi connectivity index (χ0) is 9.97. The predicted molar refractivity (Wildman–Crippen MR) is 61.6 cm³/mol. The largest absolute Gasteiger partial charge is 0.461 e. The van der Waals surface area contributed by atoms with Gasteiger partial charge in [-0.15, -0.1) is 0 Å². The van der Waals surface area contributed by atoms with Gasteiger partial charge in [-0.2, -0.15) is 0 Å². The molecule has 1 heterocycles. The monoisotopic (exact) mass is 253 g/mol. The standard InChI is InChI=1S/C11H12BrNO/c12-7-8-1-2-9-6-10(3-4-13)14-11(9)5-8/h1-2,5-6H,3-4,7,13H2. The van der Waals surface area contributed by atoms with Gasteiger partial charge in [0.1, 0.15) is 11.3 Å². The maximum Gasteiger partial charge on any atom is 0.134 e. The van der Waals surface area contributed by atoms with Crippen molar-refractivity contribution in [3.8, 4) is 0 Å². The number of rotatable bonds is 3. The Labute approximate surface area is 91.2 Å². The number of hydrogen-bond acceptors (Lipinski definition) is 2. The van der Waals surface area contributed by atoms with Crippen molar-refractivity contribution >= 4 is 26.9 Å². The average molecular weight is 254 g/mol. The Morgan fingerprint density at radius 3 is 2.86 bits per heavy atom. The van der Waals surface area contributed by atoms with E-state index in [0.29, 0.717) is 6.54 Å². The van der Waals surface area contributed by atoms with Gasteiger partial charge in [-0.1, -0.05) is 28.1 Å². The van der Waals surface area contributed by atoms with Gasteiger partial charge in [0.15, 0.2) is 0 Å². The third-order valence-electron chi connectivity index (χ3n) is 2.18. The minimum atomic E-state index is 0.630. The van der Waals surface area contributed by atoms with Gasteiger partial charge in [-0.05, 0) is 24.2 Å². The number of hydrogen-bond donors (Lipinski definition) is 1. The molecule has 0 spiro atoms. The fraction of sp³-hybridized carbons (Fsp3) is 0.273.